The van der Waals surface area contributed by atoms with Crippen molar-refractivity contribution in [1.82, 2.24) is 0 Å². The van der Waals surface area contributed by atoms with E-state index in [9.17, 15) is 4.79 Å². The molecule has 3 nitrogen and oxygen atoms in total. The molecule has 0 spiro atoms. The SMILES string of the molecule is CCOc1ccc(OC)c(C(=O)C(C)Br)c1. The lowest BCUT2D eigenvalue weighted by atomic mass is 10.1. The minimum atomic E-state index is -0.238. The van der Waals surface area contributed by atoms with Crippen LogP contribution >= 0.6 is 15.9 Å². The van der Waals surface area contributed by atoms with E-state index in [0.717, 1.165) is 0 Å². The molecule has 0 N–H and O–H groups in total. The summed E-state index contributed by atoms with van der Waals surface area (Å²) in [6.45, 7) is 4.26. The molecule has 16 heavy (non-hydrogen) atoms. The molecule has 0 aromatic heterocycles. The maximum Gasteiger partial charge on any atom is 0.180 e. The summed E-state index contributed by atoms with van der Waals surface area (Å²) in [4.78, 5) is 11.7. The molecular formula is C12H15BrO3. The third-order valence-electron chi connectivity index (χ3n) is 2.11. The molecule has 0 fully saturated rings. The zero-order chi connectivity index (χ0) is 12.1. The quantitative estimate of drug-likeness (QED) is 0.616. The molecule has 0 saturated carbocycles. The highest BCUT2D eigenvalue weighted by Crippen LogP contribution is 2.26. The molecule has 1 aromatic carbocycles. The predicted molar refractivity (Wildman–Crippen MR) is 66.9 cm³/mol. The second kappa shape index (κ2) is 5.89. The van der Waals surface area contributed by atoms with Gasteiger partial charge < -0.3 is 9.47 Å². The van der Waals surface area contributed by atoms with Crippen molar-refractivity contribution in [2.45, 2.75) is 18.7 Å². The van der Waals surface area contributed by atoms with Crippen molar-refractivity contribution in [3.05, 3.63) is 23.8 Å². The average Bonchev–Trinajstić information content (AvgIpc) is 2.28. The summed E-state index contributed by atoms with van der Waals surface area (Å²) in [6, 6.07) is 5.24. The van der Waals surface area contributed by atoms with Crippen LogP contribution in [0.5, 0.6) is 11.5 Å². The maximum atomic E-state index is 11.9. The minimum Gasteiger partial charge on any atom is -0.496 e. The molecule has 0 saturated heterocycles. The van der Waals surface area contributed by atoms with Crippen LogP contribution < -0.4 is 9.47 Å². The van der Waals surface area contributed by atoms with Gasteiger partial charge in [0, 0.05) is 0 Å². The average molecular weight is 287 g/mol. The summed E-state index contributed by atoms with van der Waals surface area (Å²) in [6.07, 6.45) is 0. The standard InChI is InChI=1S/C12H15BrO3/c1-4-16-9-5-6-11(15-3)10(7-9)12(14)8(2)13/h5-8H,4H2,1-3H3. The Balaban J connectivity index is 3.11. The van der Waals surface area contributed by atoms with Gasteiger partial charge in [0.15, 0.2) is 5.78 Å². The summed E-state index contributed by atoms with van der Waals surface area (Å²) in [5, 5.41) is 0. The Hall–Kier alpha value is -1.03. The van der Waals surface area contributed by atoms with Gasteiger partial charge in [-0.3, -0.25) is 4.79 Å². The lowest BCUT2D eigenvalue weighted by Gasteiger charge is -2.11. The van der Waals surface area contributed by atoms with Gasteiger partial charge in [0.1, 0.15) is 11.5 Å². The van der Waals surface area contributed by atoms with Crippen molar-refractivity contribution in [2.24, 2.45) is 0 Å². The normalized spacial score (nSPS) is 12.0. The van der Waals surface area contributed by atoms with Gasteiger partial charge in [-0.05, 0) is 32.0 Å². The highest BCUT2D eigenvalue weighted by atomic mass is 79.9. The van der Waals surface area contributed by atoms with Gasteiger partial charge in [-0.15, -0.1) is 0 Å². The Labute approximate surface area is 104 Å². The molecule has 0 radical (unpaired) electrons. The maximum absolute atomic E-state index is 11.9. The second-order valence-corrected chi connectivity index (χ2v) is 4.65. The first-order chi connectivity index (χ1) is 7.60. The van der Waals surface area contributed by atoms with E-state index < -0.39 is 0 Å². The van der Waals surface area contributed by atoms with Gasteiger partial charge in [0.25, 0.3) is 0 Å². The molecule has 0 heterocycles. The van der Waals surface area contributed by atoms with Crippen LogP contribution in [0.3, 0.4) is 0 Å². The van der Waals surface area contributed by atoms with Gasteiger partial charge in [-0.2, -0.15) is 0 Å². The van der Waals surface area contributed by atoms with E-state index in [1.165, 1.54) is 0 Å². The monoisotopic (exact) mass is 286 g/mol. The highest BCUT2D eigenvalue weighted by Gasteiger charge is 2.17. The first-order valence-corrected chi connectivity index (χ1v) is 6.00. The zero-order valence-corrected chi connectivity index (χ0v) is 11.2. The van der Waals surface area contributed by atoms with Crippen LogP contribution in [-0.4, -0.2) is 24.3 Å². The van der Waals surface area contributed by atoms with Crippen LogP contribution in [0.1, 0.15) is 24.2 Å². The molecule has 1 aromatic rings. The van der Waals surface area contributed by atoms with E-state index in [1.807, 2.05) is 6.92 Å². The van der Waals surface area contributed by atoms with E-state index in [4.69, 9.17) is 9.47 Å². The smallest absolute Gasteiger partial charge is 0.180 e. The van der Waals surface area contributed by atoms with Gasteiger partial charge >= 0.3 is 0 Å². The van der Waals surface area contributed by atoms with E-state index >= 15 is 0 Å². The molecule has 1 rings (SSSR count). The first-order valence-electron chi connectivity index (χ1n) is 5.09. The minimum absolute atomic E-state index is 0.0154. The molecule has 0 aliphatic carbocycles. The molecule has 0 bridgehead atoms. The van der Waals surface area contributed by atoms with Gasteiger partial charge in [0.05, 0.1) is 24.1 Å². The molecule has 88 valence electrons. The van der Waals surface area contributed by atoms with E-state index in [-0.39, 0.29) is 10.6 Å². The van der Waals surface area contributed by atoms with Gasteiger partial charge in [-0.25, -0.2) is 0 Å². The predicted octanol–water partition coefficient (Wildman–Crippen LogP) is 3.06. The largest absolute Gasteiger partial charge is 0.496 e. The number of halogens is 1. The number of alkyl halides is 1. The van der Waals surface area contributed by atoms with Crippen LogP contribution in [0.4, 0.5) is 0 Å². The third kappa shape index (κ3) is 2.98. The van der Waals surface area contributed by atoms with E-state index in [0.29, 0.717) is 23.7 Å². The third-order valence-corrected chi connectivity index (χ3v) is 2.52. The van der Waals surface area contributed by atoms with Crippen molar-refractivity contribution in [2.75, 3.05) is 13.7 Å². The fraction of sp³-hybridized carbons (Fsp3) is 0.417. The molecule has 1 atom stereocenters. The number of methoxy groups -OCH3 is 1. The summed E-state index contributed by atoms with van der Waals surface area (Å²) >= 11 is 3.26. The van der Waals surface area contributed by atoms with Crippen LogP contribution in [-0.2, 0) is 0 Å². The number of hydrogen-bond donors (Lipinski definition) is 0. The Morgan fingerprint density at radius 3 is 2.69 bits per heavy atom. The number of rotatable bonds is 5. The number of Topliss-reactive ketones (excluding diaryl/α,β-unsaturated/α-hetero) is 1. The molecule has 1 unspecified atom stereocenters. The molecule has 0 aliphatic heterocycles. The van der Waals surface area contributed by atoms with Crippen LogP contribution in [0.25, 0.3) is 0 Å². The van der Waals surface area contributed by atoms with Crippen molar-refractivity contribution < 1.29 is 14.3 Å². The van der Waals surface area contributed by atoms with E-state index in [1.54, 1.807) is 32.2 Å². The number of ketones is 1. The molecular weight excluding hydrogens is 272 g/mol. The Morgan fingerprint density at radius 2 is 2.19 bits per heavy atom. The number of hydrogen-bond acceptors (Lipinski definition) is 3. The number of carbonyl (C=O) groups excluding carboxylic acids is 1. The van der Waals surface area contributed by atoms with Crippen LogP contribution in [0, 0.1) is 0 Å². The topological polar surface area (TPSA) is 35.5 Å². The van der Waals surface area contributed by atoms with Gasteiger partial charge in [0.2, 0.25) is 0 Å². The highest BCUT2D eigenvalue weighted by molar-refractivity contribution is 9.10. The van der Waals surface area contributed by atoms with Crippen molar-refractivity contribution >= 4 is 21.7 Å². The van der Waals surface area contributed by atoms with Crippen molar-refractivity contribution in [1.29, 1.82) is 0 Å². The lowest BCUT2D eigenvalue weighted by molar-refractivity contribution is 0.0992. The Morgan fingerprint density at radius 1 is 1.50 bits per heavy atom. The Kier molecular flexibility index (Phi) is 4.80. The van der Waals surface area contributed by atoms with Gasteiger partial charge in [-0.1, -0.05) is 15.9 Å². The van der Waals surface area contributed by atoms with Crippen LogP contribution in [0.2, 0.25) is 0 Å². The summed E-state index contributed by atoms with van der Waals surface area (Å²) in [7, 11) is 1.55. The number of carbonyl (C=O) groups is 1. The number of benzene rings is 1. The molecule has 0 aliphatic rings. The first kappa shape index (κ1) is 13.0. The second-order valence-electron chi connectivity index (χ2n) is 3.28. The number of ether oxygens (including phenoxy) is 2. The lowest BCUT2D eigenvalue weighted by Crippen LogP contribution is -2.11. The zero-order valence-electron chi connectivity index (χ0n) is 9.62. The Bertz CT molecular complexity index is 375. The molecule has 4 heteroatoms. The molecule has 0 amide bonds. The fourth-order valence-corrected chi connectivity index (χ4v) is 1.60. The van der Waals surface area contributed by atoms with Crippen molar-refractivity contribution in [3.63, 3.8) is 0 Å². The summed E-state index contributed by atoms with van der Waals surface area (Å²) < 4.78 is 10.5. The summed E-state index contributed by atoms with van der Waals surface area (Å²) in [5.74, 6) is 1.23. The summed E-state index contributed by atoms with van der Waals surface area (Å²) in [5.41, 5.74) is 0.540. The van der Waals surface area contributed by atoms with Crippen LogP contribution in [0.15, 0.2) is 18.2 Å². The van der Waals surface area contributed by atoms with E-state index in [2.05, 4.69) is 15.9 Å². The van der Waals surface area contributed by atoms with Crippen molar-refractivity contribution in [3.8, 4) is 11.5 Å². The fourth-order valence-electron chi connectivity index (χ4n) is 1.35.